The highest BCUT2D eigenvalue weighted by Crippen LogP contribution is 1.99. The topological polar surface area (TPSA) is 0 Å². The van der Waals surface area contributed by atoms with Gasteiger partial charge in [0.25, 0.3) is 0 Å². The van der Waals surface area contributed by atoms with Crippen LogP contribution in [0.5, 0.6) is 0 Å². The van der Waals surface area contributed by atoms with E-state index in [4.69, 9.17) is 0 Å². The molecule has 0 amide bonds. The molecular formula is C3H5AlF2. The van der Waals surface area contributed by atoms with E-state index < -0.39 is 6.43 Å². The third kappa shape index (κ3) is 4.39. The summed E-state index contributed by atoms with van der Waals surface area (Å²) >= 11 is 2.24. The summed E-state index contributed by atoms with van der Waals surface area (Å²) in [7, 11) is 0. The molecule has 0 aliphatic heterocycles. The molecule has 0 bridgehead atoms. The minimum absolute atomic E-state index is 0.00463. The van der Waals surface area contributed by atoms with Gasteiger partial charge >= 0.3 is 0 Å². The van der Waals surface area contributed by atoms with Gasteiger partial charge in [-0.15, -0.1) is 5.28 Å². The molecule has 6 heavy (non-hydrogen) atoms. The van der Waals surface area contributed by atoms with E-state index in [9.17, 15) is 8.78 Å². The third-order valence-corrected chi connectivity index (χ3v) is 0.718. The van der Waals surface area contributed by atoms with E-state index in [1.165, 1.54) is 0 Å². The van der Waals surface area contributed by atoms with Gasteiger partial charge in [0.15, 0.2) is 0 Å². The zero-order valence-electron chi connectivity index (χ0n) is 3.32. The van der Waals surface area contributed by atoms with Gasteiger partial charge in [0, 0.05) is 0 Å². The summed E-state index contributed by atoms with van der Waals surface area (Å²) in [6.45, 7) is 0. The van der Waals surface area contributed by atoms with E-state index >= 15 is 0 Å². The predicted octanol–water partition coefficient (Wildman–Crippen LogP) is 1.23. The van der Waals surface area contributed by atoms with Crippen molar-refractivity contribution in [1.82, 2.24) is 0 Å². The van der Waals surface area contributed by atoms with Crippen molar-refractivity contribution in [3.63, 3.8) is 0 Å². The first-order valence-electron chi connectivity index (χ1n) is 1.75. The zero-order valence-corrected chi connectivity index (χ0v) is 4.48. The Bertz CT molecular complexity index is 30.0. The fourth-order valence-electron chi connectivity index (χ4n) is 0.126. The maximum Gasteiger partial charge on any atom is 0.237 e. The molecule has 0 aromatic rings. The zero-order chi connectivity index (χ0) is 4.99. The van der Waals surface area contributed by atoms with Crippen LogP contribution < -0.4 is 0 Å². The molecule has 0 fully saturated rings. The normalized spacial score (nSPS) is 9.83. The lowest BCUT2D eigenvalue weighted by atomic mass is 10.5. The molecule has 2 radical (unpaired) electrons. The molecule has 0 aliphatic carbocycles. The van der Waals surface area contributed by atoms with Gasteiger partial charge < -0.3 is 0 Å². The molecular weight excluding hydrogens is 101 g/mol. The number of hydrogen-bond donors (Lipinski definition) is 0. The van der Waals surface area contributed by atoms with Crippen LogP contribution in [0.2, 0.25) is 5.28 Å². The molecule has 0 unspecified atom stereocenters. The van der Waals surface area contributed by atoms with E-state index in [0.29, 0.717) is 5.28 Å². The van der Waals surface area contributed by atoms with Crippen molar-refractivity contribution in [2.75, 3.05) is 0 Å². The van der Waals surface area contributed by atoms with Crippen molar-refractivity contribution < 1.29 is 8.78 Å². The van der Waals surface area contributed by atoms with Crippen LogP contribution >= 0.6 is 0 Å². The summed E-state index contributed by atoms with van der Waals surface area (Å²) in [5.41, 5.74) is 0. The van der Waals surface area contributed by atoms with Crippen LogP contribution in [-0.4, -0.2) is 22.7 Å². The lowest BCUT2D eigenvalue weighted by Gasteiger charge is -1.88. The maximum atomic E-state index is 11.0. The Morgan fingerprint density at radius 2 is 2.00 bits per heavy atom. The highest BCUT2D eigenvalue weighted by atomic mass is 27.0. The second kappa shape index (κ2) is 3.58. The first-order valence-corrected chi connectivity index (χ1v) is 2.57. The third-order valence-electron chi connectivity index (χ3n) is 0.385. The van der Waals surface area contributed by atoms with Crippen molar-refractivity contribution in [2.24, 2.45) is 0 Å². The summed E-state index contributed by atoms with van der Waals surface area (Å²) in [5.74, 6) is 0. The number of rotatable bonds is 2. The lowest BCUT2D eigenvalue weighted by Crippen LogP contribution is -1.86. The van der Waals surface area contributed by atoms with Crippen LogP contribution in [0.25, 0.3) is 0 Å². The SMILES string of the molecule is FC(F)C[CH2][Al]. The second-order valence-corrected chi connectivity index (χ2v) is 1.55. The van der Waals surface area contributed by atoms with Crippen molar-refractivity contribution in [1.29, 1.82) is 0 Å². The molecule has 0 rings (SSSR count). The molecule has 3 heteroatoms. The van der Waals surface area contributed by atoms with Crippen LogP contribution in [0.3, 0.4) is 0 Å². The average molecular weight is 106 g/mol. The van der Waals surface area contributed by atoms with Crippen LogP contribution in [0.4, 0.5) is 8.78 Å². The fourth-order valence-corrected chi connectivity index (χ4v) is 0.378. The van der Waals surface area contributed by atoms with E-state index in [2.05, 4.69) is 16.3 Å². The van der Waals surface area contributed by atoms with Crippen LogP contribution in [0.1, 0.15) is 6.42 Å². The Morgan fingerprint density at radius 1 is 1.50 bits per heavy atom. The minimum atomic E-state index is -2.12. The fraction of sp³-hybridized carbons (Fsp3) is 1.00. The Morgan fingerprint density at radius 3 is 2.00 bits per heavy atom. The molecule has 0 aromatic heterocycles. The van der Waals surface area contributed by atoms with Crippen molar-refractivity contribution in [3.05, 3.63) is 0 Å². The van der Waals surface area contributed by atoms with Gasteiger partial charge in [-0.3, -0.25) is 0 Å². The highest BCUT2D eigenvalue weighted by Gasteiger charge is 1.95. The Labute approximate surface area is 44.0 Å². The molecule has 0 N–H and O–H groups in total. The molecule has 0 aliphatic rings. The van der Waals surface area contributed by atoms with E-state index in [0.717, 1.165) is 0 Å². The quantitative estimate of drug-likeness (QED) is 0.464. The Kier molecular flexibility index (Phi) is 3.81. The molecule has 0 aromatic carbocycles. The van der Waals surface area contributed by atoms with Gasteiger partial charge in [0.05, 0.1) is 0 Å². The van der Waals surface area contributed by atoms with Gasteiger partial charge in [0.1, 0.15) is 16.3 Å². The summed E-state index contributed by atoms with van der Waals surface area (Å²) < 4.78 is 22.0. The van der Waals surface area contributed by atoms with Crippen LogP contribution in [0.15, 0.2) is 0 Å². The minimum Gasteiger partial charge on any atom is -0.211 e. The molecule has 0 saturated carbocycles. The van der Waals surface area contributed by atoms with Crippen LogP contribution in [0, 0.1) is 0 Å². The Hall–Kier alpha value is 0.392. The summed E-state index contributed by atoms with van der Waals surface area (Å²) in [5, 5.41) is 0.498. The van der Waals surface area contributed by atoms with Gasteiger partial charge in [-0.05, 0) is 6.42 Å². The predicted molar refractivity (Wildman–Crippen MR) is 21.2 cm³/mol. The van der Waals surface area contributed by atoms with Gasteiger partial charge in [-0.25, -0.2) is 8.78 Å². The number of halogens is 2. The molecule has 0 nitrogen and oxygen atoms in total. The van der Waals surface area contributed by atoms with Crippen molar-refractivity contribution >= 4 is 16.3 Å². The molecule has 0 atom stereocenters. The molecule has 0 spiro atoms. The first kappa shape index (κ1) is 6.39. The molecule has 0 saturated heterocycles. The second-order valence-electron chi connectivity index (χ2n) is 0.968. The summed E-state index contributed by atoms with van der Waals surface area (Å²) in [4.78, 5) is 0. The van der Waals surface area contributed by atoms with E-state index in [1.54, 1.807) is 0 Å². The lowest BCUT2D eigenvalue weighted by molar-refractivity contribution is 0.144. The summed E-state index contributed by atoms with van der Waals surface area (Å²) in [6, 6.07) is 0. The highest BCUT2D eigenvalue weighted by molar-refractivity contribution is 6.08. The number of alkyl halides is 2. The first-order chi connectivity index (χ1) is 2.77. The van der Waals surface area contributed by atoms with Crippen molar-refractivity contribution in [3.8, 4) is 0 Å². The van der Waals surface area contributed by atoms with Crippen LogP contribution in [-0.2, 0) is 0 Å². The maximum absolute atomic E-state index is 11.0. The monoisotopic (exact) mass is 106 g/mol. The van der Waals surface area contributed by atoms with Gasteiger partial charge in [-0.1, -0.05) is 0 Å². The van der Waals surface area contributed by atoms with Gasteiger partial charge in [0.2, 0.25) is 6.43 Å². The molecule has 34 valence electrons. The standard InChI is InChI=1S/C3H5F2.Al/c1-2-3(4)5;/h3H,1-2H2;. The Balaban J connectivity index is 2.63. The van der Waals surface area contributed by atoms with E-state index in [1.807, 2.05) is 0 Å². The van der Waals surface area contributed by atoms with Gasteiger partial charge in [-0.2, -0.15) is 0 Å². The smallest absolute Gasteiger partial charge is 0.211 e. The van der Waals surface area contributed by atoms with E-state index in [-0.39, 0.29) is 6.42 Å². The summed E-state index contributed by atoms with van der Waals surface area (Å²) in [6.07, 6.45) is -2.12. The largest absolute Gasteiger partial charge is 0.237 e. The van der Waals surface area contributed by atoms with Crippen molar-refractivity contribution in [2.45, 2.75) is 18.1 Å². The average Bonchev–Trinajstić information content (AvgIpc) is 1.35. The number of hydrogen-bond acceptors (Lipinski definition) is 0. The molecule has 0 heterocycles.